The van der Waals surface area contributed by atoms with E-state index in [4.69, 9.17) is 9.84 Å². The van der Waals surface area contributed by atoms with E-state index in [9.17, 15) is 4.79 Å². The maximum Gasteiger partial charge on any atom is 0.382 e. The van der Waals surface area contributed by atoms with Crippen molar-refractivity contribution in [3.8, 4) is 34.5 Å². The standard InChI is InChI=1S/C22H14N2O3/c25-21(26)11-10-15-13-23-22-19(15)12-16(14-24-22)18-8-4-5-9-20(18)27-17-6-2-1-3-7-17/h1-9,12-14H,(H,23,24)(H,25,26). The van der Waals surface area contributed by atoms with Crippen LogP contribution >= 0.6 is 0 Å². The van der Waals surface area contributed by atoms with Crippen LogP contribution in [-0.2, 0) is 4.79 Å². The molecule has 0 fully saturated rings. The molecule has 130 valence electrons. The average molecular weight is 354 g/mol. The molecule has 0 atom stereocenters. The van der Waals surface area contributed by atoms with Crippen LogP contribution in [0.2, 0.25) is 0 Å². The molecule has 0 unspecified atom stereocenters. The molecule has 4 aromatic rings. The number of carboxylic acids is 1. The van der Waals surface area contributed by atoms with E-state index in [0.717, 1.165) is 22.3 Å². The van der Waals surface area contributed by atoms with Crippen molar-refractivity contribution >= 4 is 17.0 Å². The number of carboxylic acid groups (broad SMARTS) is 1. The van der Waals surface area contributed by atoms with Crippen molar-refractivity contribution in [3.63, 3.8) is 0 Å². The second kappa shape index (κ2) is 7.06. The Morgan fingerprint density at radius 2 is 1.85 bits per heavy atom. The van der Waals surface area contributed by atoms with Gasteiger partial charge in [0.25, 0.3) is 0 Å². The number of carbonyl (C=O) groups is 1. The highest BCUT2D eigenvalue weighted by Crippen LogP contribution is 2.34. The monoisotopic (exact) mass is 354 g/mol. The van der Waals surface area contributed by atoms with Gasteiger partial charge in [0.05, 0.1) is 5.56 Å². The molecule has 0 bridgehead atoms. The van der Waals surface area contributed by atoms with Gasteiger partial charge in [0, 0.05) is 34.8 Å². The molecule has 2 aromatic heterocycles. The molecule has 2 heterocycles. The van der Waals surface area contributed by atoms with Gasteiger partial charge in [-0.1, -0.05) is 42.3 Å². The first-order valence-corrected chi connectivity index (χ1v) is 8.25. The summed E-state index contributed by atoms with van der Waals surface area (Å²) in [6.45, 7) is 0. The third-order valence-corrected chi connectivity index (χ3v) is 4.00. The average Bonchev–Trinajstić information content (AvgIpc) is 3.10. The van der Waals surface area contributed by atoms with Crippen LogP contribution in [0.5, 0.6) is 11.5 Å². The van der Waals surface area contributed by atoms with Crippen molar-refractivity contribution in [1.82, 2.24) is 9.97 Å². The number of fused-ring (bicyclic) bond motifs is 1. The van der Waals surface area contributed by atoms with Crippen molar-refractivity contribution in [1.29, 1.82) is 0 Å². The molecular weight excluding hydrogens is 340 g/mol. The van der Waals surface area contributed by atoms with Crippen molar-refractivity contribution in [2.75, 3.05) is 0 Å². The van der Waals surface area contributed by atoms with Gasteiger partial charge in [0.2, 0.25) is 0 Å². The summed E-state index contributed by atoms with van der Waals surface area (Å²) in [4.78, 5) is 18.2. The summed E-state index contributed by atoms with van der Waals surface area (Å²) in [5.74, 6) is 5.07. The Morgan fingerprint density at radius 1 is 1.07 bits per heavy atom. The Bertz CT molecular complexity index is 1180. The molecule has 0 aliphatic heterocycles. The molecule has 0 saturated carbocycles. The van der Waals surface area contributed by atoms with Gasteiger partial charge >= 0.3 is 5.97 Å². The Kier molecular flexibility index (Phi) is 4.30. The maximum absolute atomic E-state index is 10.7. The number of H-pyrrole nitrogens is 1. The molecular formula is C22H14N2O3. The minimum Gasteiger partial charge on any atom is -0.472 e. The van der Waals surface area contributed by atoms with E-state index >= 15 is 0 Å². The van der Waals surface area contributed by atoms with Crippen LogP contribution in [0.4, 0.5) is 0 Å². The van der Waals surface area contributed by atoms with Gasteiger partial charge in [0.1, 0.15) is 17.1 Å². The van der Waals surface area contributed by atoms with Crippen LogP contribution in [0, 0.1) is 11.8 Å². The molecule has 0 spiro atoms. The SMILES string of the molecule is O=C(O)C#Cc1c[nH]c2ncc(-c3ccccc3Oc3ccccc3)cc12. The smallest absolute Gasteiger partial charge is 0.382 e. The molecule has 0 aliphatic rings. The predicted molar refractivity (Wildman–Crippen MR) is 103 cm³/mol. The number of pyridine rings is 1. The number of aromatic nitrogens is 2. The number of hydrogen-bond acceptors (Lipinski definition) is 3. The molecule has 0 amide bonds. The Hall–Kier alpha value is -4.04. The second-order valence-electron chi connectivity index (χ2n) is 5.79. The number of ether oxygens (including phenoxy) is 1. The number of rotatable bonds is 3. The summed E-state index contributed by atoms with van der Waals surface area (Å²) in [7, 11) is 0. The van der Waals surface area contributed by atoms with Crippen molar-refractivity contribution in [2.24, 2.45) is 0 Å². The fourth-order valence-electron chi connectivity index (χ4n) is 2.78. The Morgan fingerprint density at radius 3 is 2.67 bits per heavy atom. The zero-order valence-corrected chi connectivity index (χ0v) is 14.1. The van der Waals surface area contributed by atoms with E-state index in [2.05, 4.69) is 21.8 Å². The molecule has 0 radical (unpaired) electrons. The van der Waals surface area contributed by atoms with E-state index in [0.29, 0.717) is 17.0 Å². The van der Waals surface area contributed by atoms with Crippen LogP contribution in [0.15, 0.2) is 73.1 Å². The highest BCUT2D eigenvalue weighted by Gasteiger charge is 2.10. The maximum atomic E-state index is 10.7. The Labute approximate surface area is 155 Å². The third-order valence-electron chi connectivity index (χ3n) is 4.00. The van der Waals surface area contributed by atoms with Crippen LogP contribution in [0.25, 0.3) is 22.2 Å². The normalized spacial score (nSPS) is 10.2. The highest BCUT2D eigenvalue weighted by molar-refractivity contribution is 5.91. The van der Waals surface area contributed by atoms with Crippen LogP contribution < -0.4 is 4.74 Å². The van der Waals surface area contributed by atoms with Crippen molar-refractivity contribution in [2.45, 2.75) is 0 Å². The summed E-state index contributed by atoms with van der Waals surface area (Å²) >= 11 is 0. The highest BCUT2D eigenvalue weighted by atomic mass is 16.5. The molecule has 4 rings (SSSR count). The molecule has 27 heavy (non-hydrogen) atoms. The van der Waals surface area contributed by atoms with E-state index in [1.165, 1.54) is 0 Å². The van der Waals surface area contributed by atoms with Crippen LogP contribution in [0.1, 0.15) is 5.56 Å². The second-order valence-corrected chi connectivity index (χ2v) is 5.79. The summed E-state index contributed by atoms with van der Waals surface area (Å²) in [6.07, 6.45) is 3.41. The molecule has 5 heteroatoms. The van der Waals surface area contributed by atoms with Crippen LogP contribution in [0.3, 0.4) is 0 Å². The molecule has 0 saturated heterocycles. The first kappa shape index (κ1) is 16.4. The fraction of sp³-hybridized carbons (Fsp3) is 0. The number of hydrogen-bond donors (Lipinski definition) is 2. The lowest BCUT2D eigenvalue weighted by molar-refractivity contribution is -0.130. The summed E-state index contributed by atoms with van der Waals surface area (Å²) < 4.78 is 6.03. The van der Waals surface area contributed by atoms with Gasteiger partial charge in [-0.2, -0.15) is 0 Å². The lowest BCUT2D eigenvalue weighted by Gasteiger charge is -2.11. The van der Waals surface area contributed by atoms with Gasteiger partial charge in [0.15, 0.2) is 0 Å². The van der Waals surface area contributed by atoms with Gasteiger partial charge < -0.3 is 14.8 Å². The minimum absolute atomic E-state index is 0.586. The van der Waals surface area contributed by atoms with Gasteiger partial charge in [-0.25, -0.2) is 9.78 Å². The van der Waals surface area contributed by atoms with E-state index in [-0.39, 0.29) is 0 Å². The van der Waals surface area contributed by atoms with E-state index in [1.807, 2.05) is 60.7 Å². The zero-order valence-electron chi connectivity index (χ0n) is 14.1. The van der Waals surface area contributed by atoms with E-state index < -0.39 is 5.97 Å². The zero-order chi connectivity index (χ0) is 18.6. The van der Waals surface area contributed by atoms with Gasteiger partial charge in [-0.05, 0) is 24.3 Å². The molecule has 0 aliphatic carbocycles. The van der Waals surface area contributed by atoms with Gasteiger partial charge in [-0.15, -0.1) is 0 Å². The lowest BCUT2D eigenvalue weighted by Crippen LogP contribution is -1.89. The molecule has 2 aromatic carbocycles. The van der Waals surface area contributed by atoms with Crippen molar-refractivity contribution < 1.29 is 14.6 Å². The lowest BCUT2D eigenvalue weighted by atomic mass is 10.0. The Balaban J connectivity index is 1.78. The number of nitrogens with zero attached hydrogens (tertiary/aromatic N) is 1. The minimum atomic E-state index is -1.17. The summed E-state index contributed by atoms with van der Waals surface area (Å²) in [6, 6.07) is 19.2. The first-order chi connectivity index (χ1) is 13.2. The number of benzene rings is 2. The quantitative estimate of drug-likeness (QED) is 0.533. The number of aromatic amines is 1. The van der Waals surface area contributed by atoms with E-state index in [1.54, 1.807) is 12.4 Å². The predicted octanol–water partition coefficient (Wildman–Crippen LogP) is 4.46. The number of aliphatic carboxylic acids is 1. The molecule has 2 N–H and O–H groups in total. The number of para-hydroxylation sites is 2. The van der Waals surface area contributed by atoms with Gasteiger partial charge in [-0.3, -0.25) is 0 Å². The van der Waals surface area contributed by atoms with Crippen LogP contribution in [-0.4, -0.2) is 21.0 Å². The molecule has 5 nitrogen and oxygen atoms in total. The fourth-order valence-corrected chi connectivity index (χ4v) is 2.78. The summed E-state index contributed by atoms with van der Waals surface area (Å²) in [5.41, 5.74) is 2.97. The first-order valence-electron chi connectivity index (χ1n) is 8.25. The summed E-state index contributed by atoms with van der Waals surface area (Å²) in [5, 5.41) is 9.54. The third kappa shape index (κ3) is 3.51. The topological polar surface area (TPSA) is 75.2 Å². The largest absolute Gasteiger partial charge is 0.472 e. The number of nitrogens with one attached hydrogen (secondary N) is 1. The van der Waals surface area contributed by atoms with Crippen molar-refractivity contribution in [3.05, 3.63) is 78.6 Å².